The zero-order valence-corrected chi connectivity index (χ0v) is 10.7. The van der Waals surface area contributed by atoms with E-state index in [1.165, 1.54) is 24.3 Å². The lowest BCUT2D eigenvalue weighted by Crippen LogP contribution is -2.00. The first-order chi connectivity index (χ1) is 9.56. The summed E-state index contributed by atoms with van der Waals surface area (Å²) in [6.07, 6.45) is 0. The van der Waals surface area contributed by atoms with Crippen LogP contribution < -0.4 is 5.32 Å². The molecule has 0 saturated heterocycles. The molecule has 98 valence electrons. The predicted octanol–water partition coefficient (Wildman–Crippen LogP) is 4.11. The summed E-state index contributed by atoms with van der Waals surface area (Å²) in [7, 11) is 0. The summed E-state index contributed by atoms with van der Waals surface area (Å²) in [5.41, 5.74) is -0.0820. The van der Waals surface area contributed by atoms with Crippen LogP contribution in [-0.4, -0.2) is 0 Å². The molecule has 2 aromatic rings. The van der Waals surface area contributed by atoms with Crippen molar-refractivity contribution in [3.05, 3.63) is 58.1 Å². The third kappa shape index (κ3) is 2.54. The number of anilines is 2. The fraction of sp³-hybridized carbons (Fsp3) is 0. The number of nitrogens with zero attached hydrogens (tertiary/aromatic N) is 2. The minimum Gasteiger partial charge on any atom is -0.352 e. The maximum absolute atomic E-state index is 13.8. The quantitative estimate of drug-likeness (QED) is 0.905. The molecule has 2 rings (SSSR count). The van der Waals surface area contributed by atoms with Gasteiger partial charge in [-0.25, -0.2) is 8.78 Å². The highest BCUT2D eigenvalue weighted by molar-refractivity contribution is 6.30. The lowest BCUT2D eigenvalue weighted by atomic mass is 10.1. The van der Waals surface area contributed by atoms with Gasteiger partial charge in [0.05, 0.1) is 22.5 Å². The molecular weight excluding hydrogens is 284 g/mol. The van der Waals surface area contributed by atoms with Crippen molar-refractivity contribution in [2.24, 2.45) is 0 Å². The summed E-state index contributed by atoms with van der Waals surface area (Å²) in [4.78, 5) is 0. The topological polar surface area (TPSA) is 59.6 Å². The van der Waals surface area contributed by atoms with Crippen LogP contribution in [0.25, 0.3) is 0 Å². The van der Waals surface area contributed by atoms with E-state index in [1.807, 2.05) is 6.07 Å². The van der Waals surface area contributed by atoms with E-state index in [4.69, 9.17) is 22.1 Å². The van der Waals surface area contributed by atoms with Gasteiger partial charge in [-0.3, -0.25) is 0 Å². The van der Waals surface area contributed by atoms with E-state index in [0.717, 1.165) is 6.07 Å². The molecule has 0 atom stereocenters. The smallest absolute Gasteiger partial charge is 0.183 e. The van der Waals surface area contributed by atoms with Crippen molar-refractivity contribution >= 4 is 23.0 Å². The average molecular weight is 290 g/mol. The second-order valence-corrected chi connectivity index (χ2v) is 4.26. The van der Waals surface area contributed by atoms with Crippen molar-refractivity contribution in [2.75, 3.05) is 5.32 Å². The summed E-state index contributed by atoms with van der Waals surface area (Å²) in [6.45, 7) is 0. The number of nitriles is 2. The lowest BCUT2D eigenvalue weighted by molar-refractivity contribution is 0.509. The Morgan fingerprint density at radius 1 is 0.900 bits per heavy atom. The number of benzene rings is 2. The van der Waals surface area contributed by atoms with Crippen LogP contribution in [0.1, 0.15) is 11.1 Å². The molecule has 6 heteroatoms. The van der Waals surface area contributed by atoms with Crippen LogP contribution in [0.4, 0.5) is 20.2 Å². The number of halogens is 3. The summed E-state index contributed by atoms with van der Waals surface area (Å²) >= 11 is 5.80. The summed E-state index contributed by atoms with van der Waals surface area (Å²) in [5, 5.41) is 20.5. The van der Waals surface area contributed by atoms with Gasteiger partial charge in [0.2, 0.25) is 0 Å². The lowest BCUT2D eigenvalue weighted by Gasteiger charge is -2.10. The second-order valence-electron chi connectivity index (χ2n) is 3.83. The van der Waals surface area contributed by atoms with E-state index in [-0.39, 0.29) is 22.5 Å². The molecule has 0 aliphatic carbocycles. The maximum atomic E-state index is 13.8. The van der Waals surface area contributed by atoms with Gasteiger partial charge in [0.1, 0.15) is 12.1 Å². The SMILES string of the molecule is N#Cc1ccc(Cl)cc1Nc1ccc(C#N)c(F)c1F. The van der Waals surface area contributed by atoms with E-state index in [9.17, 15) is 8.78 Å². The van der Waals surface area contributed by atoms with Crippen LogP contribution in [0.2, 0.25) is 5.02 Å². The van der Waals surface area contributed by atoms with E-state index < -0.39 is 11.6 Å². The van der Waals surface area contributed by atoms with Crippen LogP contribution in [-0.2, 0) is 0 Å². The molecule has 0 amide bonds. The highest BCUT2D eigenvalue weighted by Gasteiger charge is 2.14. The van der Waals surface area contributed by atoms with Gasteiger partial charge in [-0.2, -0.15) is 10.5 Å². The van der Waals surface area contributed by atoms with Crippen molar-refractivity contribution in [1.82, 2.24) is 0 Å². The monoisotopic (exact) mass is 289 g/mol. The summed E-state index contributed by atoms with van der Waals surface area (Å²) < 4.78 is 27.3. The van der Waals surface area contributed by atoms with Crippen LogP contribution >= 0.6 is 11.6 Å². The fourth-order valence-electron chi connectivity index (χ4n) is 1.59. The first-order valence-electron chi connectivity index (χ1n) is 5.41. The first-order valence-corrected chi connectivity index (χ1v) is 5.79. The highest BCUT2D eigenvalue weighted by atomic mass is 35.5. The Bertz CT molecular complexity index is 760. The van der Waals surface area contributed by atoms with Crippen molar-refractivity contribution in [3.8, 4) is 12.1 Å². The molecule has 0 unspecified atom stereocenters. The van der Waals surface area contributed by atoms with Crippen LogP contribution in [0.5, 0.6) is 0 Å². The van der Waals surface area contributed by atoms with Gasteiger partial charge in [-0.05, 0) is 30.3 Å². The Morgan fingerprint density at radius 3 is 2.20 bits per heavy atom. The van der Waals surface area contributed by atoms with Crippen molar-refractivity contribution in [2.45, 2.75) is 0 Å². The largest absolute Gasteiger partial charge is 0.352 e. The van der Waals surface area contributed by atoms with Gasteiger partial charge >= 0.3 is 0 Å². The zero-order valence-electron chi connectivity index (χ0n) is 9.92. The Labute approximate surface area is 118 Å². The number of hydrogen-bond donors (Lipinski definition) is 1. The third-order valence-electron chi connectivity index (χ3n) is 2.57. The molecule has 20 heavy (non-hydrogen) atoms. The summed E-state index contributed by atoms with van der Waals surface area (Å²) in [5.74, 6) is -2.43. The minimum absolute atomic E-state index is 0.180. The number of rotatable bonds is 2. The standard InChI is InChI=1S/C14H6ClF2N3/c15-10-3-1-8(6-18)12(5-10)20-11-4-2-9(7-19)13(16)14(11)17/h1-5,20H. The molecule has 2 aromatic carbocycles. The highest BCUT2D eigenvalue weighted by Crippen LogP contribution is 2.27. The van der Waals surface area contributed by atoms with Crippen LogP contribution in [0, 0.1) is 34.3 Å². The van der Waals surface area contributed by atoms with Gasteiger partial charge in [-0.15, -0.1) is 0 Å². The molecular formula is C14H6ClF2N3. The molecule has 0 saturated carbocycles. The molecule has 0 aliphatic heterocycles. The molecule has 3 nitrogen and oxygen atoms in total. The van der Waals surface area contributed by atoms with Crippen molar-refractivity contribution in [3.63, 3.8) is 0 Å². The van der Waals surface area contributed by atoms with Crippen molar-refractivity contribution < 1.29 is 8.78 Å². The normalized spacial score (nSPS) is 9.65. The maximum Gasteiger partial charge on any atom is 0.183 e. The Balaban J connectivity index is 2.47. The zero-order chi connectivity index (χ0) is 14.7. The van der Waals surface area contributed by atoms with Gasteiger partial charge in [0, 0.05) is 5.02 Å². The van der Waals surface area contributed by atoms with E-state index >= 15 is 0 Å². The molecule has 0 heterocycles. The summed E-state index contributed by atoms with van der Waals surface area (Å²) in [6, 6.07) is 10.2. The molecule has 1 N–H and O–H groups in total. The van der Waals surface area contributed by atoms with Gasteiger partial charge < -0.3 is 5.32 Å². The van der Waals surface area contributed by atoms with E-state index in [2.05, 4.69) is 5.32 Å². The molecule has 0 radical (unpaired) electrons. The Hall–Kier alpha value is -2.63. The molecule has 0 bridgehead atoms. The van der Waals surface area contributed by atoms with Crippen molar-refractivity contribution in [1.29, 1.82) is 10.5 Å². The molecule has 0 aliphatic rings. The molecule has 0 fully saturated rings. The Morgan fingerprint density at radius 2 is 1.55 bits per heavy atom. The number of nitrogens with one attached hydrogen (secondary N) is 1. The average Bonchev–Trinajstić information content (AvgIpc) is 2.44. The minimum atomic E-state index is -1.24. The van der Waals surface area contributed by atoms with Crippen LogP contribution in [0.15, 0.2) is 30.3 Å². The number of hydrogen-bond acceptors (Lipinski definition) is 3. The predicted molar refractivity (Wildman–Crippen MR) is 70.5 cm³/mol. The van der Waals surface area contributed by atoms with E-state index in [1.54, 1.807) is 6.07 Å². The van der Waals surface area contributed by atoms with Gasteiger partial charge in [0.15, 0.2) is 11.6 Å². The molecule has 0 aromatic heterocycles. The van der Waals surface area contributed by atoms with Crippen LogP contribution in [0.3, 0.4) is 0 Å². The molecule has 0 spiro atoms. The second kappa shape index (κ2) is 5.56. The van der Waals surface area contributed by atoms with E-state index in [0.29, 0.717) is 5.02 Å². The van der Waals surface area contributed by atoms with Gasteiger partial charge in [0.25, 0.3) is 0 Å². The fourth-order valence-corrected chi connectivity index (χ4v) is 1.77. The Kier molecular flexibility index (Phi) is 3.84. The first kappa shape index (κ1) is 13.8. The third-order valence-corrected chi connectivity index (χ3v) is 2.81. The van der Waals surface area contributed by atoms with Gasteiger partial charge in [-0.1, -0.05) is 11.6 Å².